The summed E-state index contributed by atoms with van der Waals surface area (Å²) in [5.41, 5.74) is 1.57. The van der Waals surface area contributed by atoms with Crippen molar-refractivity contribution >= 4 is 11.6 Å². The Kier molecular flexibility index (Phi) is 5.28. The Balaban J connectivity index is 1.61. The van der Waals surface area contributed by atoms with Crippen molar-refractivity contribution < 1.29 is 34.0 Å². The van der Waals surface area contributed by atoms with Gasteiger partial charge in [0.1, 0.15) is 11.5 Å². The lowest BCUT2D eigenvalue weighted by atomic mass is 9.77. The van der Waals surface area contributed by atoms with Crippen molar-refractivity contribution in [1.82, 2.24) is 0 Å². The SMILES string of the molecule is COc1cccc2c1C(=O)c1c(cc3c(c1O)C(O[C@@H]1CCC[C@@H](C)O1)C[C@H](O)C3)C2=O. The number of carbonyl (C=O) groups excluding carboxylic acids is 2. The maximum Gasteiger partial charge on any atom is 0.201 e. The van der Waals surface area contributed by atoms with E-state index in [1.807, 2.05) is 6.92 Å². The minimum atomic E-state index is -0.687. The number of ketones is 2. The van der Waals surface area contributed by atoms with Gasteiger partial charge in [-0.1, -0.05) is 12.1 Å². The van der Waals surface area contributed by atoms with Crippen LogP contribution in [0.1, 0.15) is 81.7 Å². The van der Waals surface area contributed by atoms with Crippen molar-refractivity contribution in [1.29, 1.82) is 0 Å². The highest BCUT2D eigenvalue weighted by Gasteiger charge is 2.40. The van der Waals surface area contributed by atoms with E-state index in [0.29, 0.717) is 11.1 Å². The summed E-state index contributed by atoms with van der Waals surface area (Å²) in [6, 6.07) is 6.48. The van der Waals surface area contributed by atoms with Gasteiger partial charge in [0.05, 0.1) is 36.5 Å². The van der Waals surface area contributed by atoms with Gasteiger partial charge in [0.2, 0.25) is 5.78 Å². The Morgan fingerprint density at radius 2 is 1.91 bits per heavy atom. The van der Waals surface area contributed by atoms with Crippen molar-refractivity contribution in [3.05, 3.63) is 57.6 Å². The summed E-state index contributed by atoms with van der Waals surface area (Å²) >= 11 is 0. The fraction of sp³-hybridized carbons (Fsp3) is 0.440. The smallest absolute Gasteiger partial charge is 0.201 e. The molecule has 7 heteroatoms. The molecule has 7 nitrogen and oxygen atoms in total. The van der Waals surface area contributed by atoms with E-state index in [0.717, 1.165) is 19.3 Å². The first-order valence-corrected chi connectivity index (χ1v) is 11.0. The molecule has 0 aromatic heterocycles. The van der Waals surface area contributed by atoms with E-state index in [4.69, 9.17) is 14.2 Å². The number of fused-ring (bicyclic) bond motifs is 3. The summed E-state index contributed by atoms with van der Waals surface area (Å²) in [6.45, 7) is 1.99. The Bertz CT molecular complexity index is 1110. The molecule has 0 spiro atoms. The molecule has 2 aromatic carbocycles. The molecule has 32 heavy (non-hydrogen) atoms. The van der Waals surface area contributed by atoms with Crippen LogP contribution in [0.5, 0.6) is 11.5 Å². The van der Waals surface area contributed by atoms with Crippen molar-refractivity contribution in [2.75, 3.05) is 7.11 Å². The van der Waals surface area contributed by atoms with Gasteiger partial charge in [0.25, 0.3) is 0 Å². The van der Waals surface area contributed by atoms with Crippen molar-refractivity contribution in [2.45, 2.75) is 63.6 Å². The summed E-state index contributed by atoms with van der Waals surface area (Å²) in [7, 11) is 1.44. The molecular formula is C25H26O7. The van der Waals surface area contributed by atoms with Crippen LogP contribution in [0.25, 0.3) is 0 Å². The zero-order valence-electron chi connectivity index (χ0n) is 18.1. The van der Waals surface area contributed by atoms with Crippen LogP contribution in [0, 0.1) is 0 Å². The Morgan fingerprint density at radius 1 is 1.09 bits per heavy atom. The second-order valence-electron chi connectivity index (χ2n) is 8.79. The summed E-state index contributed by atoms with van der Waals surface area (Å²) < 4.78 is 17.4. The normalized spacial score (nSPS) is 26.8. The lowest BCUT2D eigenvalue weighted by molar-refractivity contribution is -0.218. The lowest BCUT2D eigenvalue weighted by Gasteiger charge is -2.36. The van der Waals surface area contributed by atoms with Gasteiger partial charge in [-0.3, -0.25) is 9.59 Å². The molecule has 0 amide bonds. The zero-order chi connectivity index (χ0) is 22.6. The number of aliphatic hydroxyl groups is 1. The van der Waals surface area contributed by atoms with Crippen LogP contribution in [0.15, 0.2) is 24.3 Å². The summed E-state index contributed by atoms with van der Waals surface area (Å²) in [4.78, 5) is 26.7. The van der Waals surface area contributed by atoms with Crippen LogP contribution in [0.2, 0.25) is 0 Å². The van der Waals surface area contributed by atoms with Gasteiger partial charge >= 0.3 is 0 Å². The number of ether oxygens (including phenoxy) is 3. The van der Waals surface area contributed by atoms with Crippen LogP contribution < -0.4 is 4.74 Å². The number of hydrogen-bond donors (Lipinski definition) is 2. The number of benzene rings is 2. The van der Waals surface area contributed by atoms with Gasteiger partial charge in [-0.2, -0.15) is 0 Å². The molecule has 1 heterocycles. The average Bonchev–Trinajstić information content (AvgIpc) is 2.76. The van der Waals surface area contributed by atoms with Gasteiger partial charge in [-0.05, 0) is 50.3 Å². The van der Waals surface area contributed by atoms with E-state index < -0.39 is 24.3 Å². The fourth-order valence-electron chi connectivity index (χ4n) is 5.15. The van der Waals surface area contributed by atoms with E-state index in [1.54, 1.807) is 24.3 Å². The molecule has 2 aromatic rings. The van der Waals surface area contributed by atoms with Crippen molar-refractivity contribution in [2.24, 2.45) is 0 Å². The number of hydrogen-bond acceptors (Lipinski definition) is 7. The summed E-state index contributed by atoms with van der Waals surface area (Å²) in [5, 5.41) is 21.8. The van der Waals surface area contributed by atoms with E-state index in [-0.39, 0.29) is 58.5 Å². The summed E-state index contributed by atoms with van der Waals surface area (Å²) in [5.74, 6) is -0.780. The Labute approximate surface area is 185 Å². The zero-order valence-corrected chi connectivity index (χ0v) is 18.1. The van der Waals surface area contributed by atoms with Crippen LogP contribution >= 0.6 is 0 Å². The van der Waals surface area contributed by atoms with Gasteiger partial charge < -0.3 is 24.4 Å². The molecule has 2 N–H and O–H groups in total. The second-order valence-corrected chi connectivity index (χ2v) is 8.79. The molecule has 2 aliphatic carbocycles. The Hall–Kier alpha value is -2.74. The maximum absolute atomic E-state index is 13.4. The summed E-state index contributed by atoms with van der Waals surface area (Å²) in [6.07, 6.45) is 1.48. The largest absolute Gasteiger partial charge is 0.507 e. The van der Waals surface area contributed by atoms with Crippen LogP contribution in [-0.4, -0.2) is 47.4 Å². The van der Waals surface area contributed by atoms with Crippen LogP contribution in [-0.2, 0) is 15.9 Å². The molecule has 3 aliphatic rings. The van der Waals surface area contributed by atoms with Crippen LogP contribution in [0.3, 0.4) is 0 Å². The maximum atomic E-state index is 13.4. The first-order valence-electron chi connectivity index (χ1n) is 11.0. The molecule has 1 unspecified atom stereocenters. The van der Waals surface area contributed by atoms with Crippen molar-refractivity contribution in [3.63, 3.8) is 0 Å². The van der Waals surface area contributed by atoms with Gasteiger partial charge in [0.15, 0.2) is 12.1 Å². The number of phenolic OH excluding ortho intramolecular Hbond substituents is 1. The molecule has 5 rings (SSSR count). The Morgan fingerprint density at radius 3 is 2.66 bits per heavy atom. The molecule has 0 bridgehead atoms. The van der Waals surface area contributed by atoms with Gasteiger partial charge in [0, 0.05) is 23.1 Å². The van der Waals surface area contributed by atoms with E-state index >= 15 is 0 Å². The number of aromatic hydroxyl groups is 1. The number of rotatable bonds is 3. The minimum Gasteiger partial charge on any atom is -0.507 e. The highest BCUT2D eigenvalue weighted by molar-refractivity contribution is 6.30. The number of phenols is 1. The lowest BCUT2D eigenvalue weighted by Crippen LogP contribution is -2.33. The fourth-order valence-corrected chi connectivity index (χ4v) is 5.15. The molecule has 0 radical (unpaired) electrons. The first-order chi connectivity index (χ1) is 15.4. The molecule has 0 saturated carbocycles. The molecule has 168 valence electrons. The third-order valence-electron chi connectivity index (χ3n) is 6.63. The molecule has 1 aliphatic heterocycles. The first kappa shape index (κ1) is 21.1. The van der Waals surface area contributed by atoms with Gasteiger partial charge in [-0.25, -0.2) is 0 Å². The van der Waals surface area contributed by atoms with Gasteiger partial charge in [-0.15, -0.1) is 0 Å². The predicted octanol–water partition coefficient (Wildman–Crippen LogP) is 3.46. The molecule has 4 atom stereocenters. The standard InChI is InChI=1S/C25H26O7/c1-12-5-3-8-19(31-12)32-18-11-14(26)9-13-10-16-22(24(28)20(13)18)25(29)21-15(23(16)27)6-4-7-17(21)30-2/h4,6-7,10,12,14,18-19,26,28H,3,5,8-9,11H2,1-2H3/t12-,14-,18?,19-/m1/s1. The second kappa shape index (κ2) is 7.99. The monoisotopic (exact) mass is 438 g/mol. The molecule has 1 saturated heterocycles. The van der Waals surface area contributed by atoms with E-state index in [1.165, 1.54) is 7.11 Å². The van der Waals surface area contributed by atoms with E-state index in [2.05, 4.69) is 0 Å². The average molecular weight is 438 g/mol. The minimum absolute atomic E-state index is 0.0336. The predicted molar refractivity (Wildman–Crippen MR) is 114 cm³/mol. The highest BCUT2D eigenvalue weighted by atomic mass is 16.7. The third kappa shape index (κ3) is 3.32. The number of methoxy groups -OCH3 is 1. The number of carbonyl (C=O) groups is 2. The molecular weight excluding hydrogens is 412 g/mol. The number of aliphatic hydroxyl groups excluding tert-OH is 1. The van der Waals surface area contributed by atoms with E-state index in [9.17, 15) is 19.8 Å². The molecule has 1 fully saturated rings. The quantitative estimate of drug-likeness (QED) is 0.646. The van der Waals surface area contributed by atoms with Crippen LogP contribution in [0.4, 0.5) is 0 Å². The third-order valence-corrected chi connectivity index (χ3v) is 6.63. The topological polar surface area (TPSA) is 102 Å². The highest BCUT2D eigenvalue weighted by Crippen LogP contribution is 2.46. The van der Waals surface area contributed by atoms with Crippen molar-refractivity contribution in [3.8, 4) is 11.5 Å².